The minimum Gasteiger partial charge on any atom is -0.481 e. The van der Waals surface area contributed by atoms with Gasteiger partial charge < -0.3 is 10.4 Å². The summed E-state index contributed by atoms with van der Waals surface area (Å²) in [6, 6.07) is 6.50. The minimum absolute atomic E-state index is 0.0389. The summed E-state index contributed by atoms with van der Waals surface area (Å²) in [5, 5.41) is 11.2. The van der Waals surface area contributed by atoms with Crippen LogP contribution in [0.4, 0.5) is 0 Å². The maximum absolute atomic E-state index is 12.2. The molecule has 0 unspecified atom stereocenters. The molecule has 0 atom stereocenters. The van der Waals surface area contributed by atoms with Gasteiger partial charge in [0.2, 0.25) is 15.9 Å². The summed E-state index contributed by atoms with van der Waals surface area (Å²) >= 11 is 0. The molecular weight excluding hydrogens is 320 g/mol. The van der Waals surface area contributed by atoms with Crippen LogP contribution in [0.1, 0.15) is 31.2 Å². The van der Waals surface area contributed by atoms with E-state index in [2.05, 4.69) is 5.32 Å². The third-order valence-corrected chi connectivity index (χ3v) is 5.17. The molecule has 1 amide bonds. The molecule has 128 valence electrons. The third kappa shape index (κ3) is 5.99. The number of nitrogens with one attached hydrogen (secondary N) is 1. The zero-order valence-corrected chi connectivity index (χ0v) is 14.1. The van der Waals surface area contributed by atoms with Crippen LogP contribution >= 0.6 is 0 Å². The van der Waals surface area contributed by atoms with Crippen LogP contribution in [-0.2, 0) is 26.2 Å². The number of benzene rings is 1. The van der Waals surface area contributed by atoms with Crippen LogP contribution in [0.25, 0.3) is 0 Å². The Labute approximate surface area is 136 Å². The number of hydrogen-bond donors (Lipinski definition) is 2. The number of hydrogen-bond acceptors (Lipinski definition) is 4. The molecule has 7 nitrogen and oxygen atoms in total. The van der Waals surface area contributed by atoms with Crippen molar-refractivity contribution in [2.75, 3.05) is 14.1 Å². The van der Waals surface area contributed by atoms with Gasteiger partial charge in [-0.05, 0) is 24.5 Å². The van der Waals surface area contributed by atoms with Crippen LogP contribution in [-0.4, -0.2) is 43.8 Å². The van der Waals surface area contributed by atoms with E-state index in [1.165, 1.54) is 20.2 Å². The van der Waals surface area contributed by atoms with E-state index in [4.69, 9.17) is 5.11 Å². The molecular formula is C15H22N2O5S. The number of amides is 1. The standard InChI is InChI=1S/C15H22N2O5S/c1-17(2)23(21,22)13-8-4-3-7-12(13)11-16-14(18)9-5-6-10-15(19)20/h3-4,7-8H,5-6,9-11H2,1-2H3,(H,16,18)(H,19,20). The van der Waals surface area contributed by atoms with Crippen LogP contribution in [0, 0.1) is 0 Å². The Bertz CT molecular complexity index is 656. The quantitative estimate of drug-likeness (QED) is 0.656. The van der Waals surface area contributed by atoms with Gasteiger partial charge in [-0.15, -0.1) is 0 Å². The van der Waals surface area contributed by atoms with Crippen LogP contribution in [0.15, 0.2) is 29.2 Å². The molecule has 0 saturated carbocycles. The van der Waals surface area contributed by atoms with Crippen molar-refractivity contribution in [3.05, 3.63) is 29.8 Å². The summed E-state index contributed by atoms with van der Waals surface area (Å²) in [4.78, 5) is 22.3. The minimum atomic E-state index is -3.57. The number of rotatable bonds is 9. The first-order valence-corrected chi connectivity index (χ1v) is 8.68. The first kappa shape index (κ1) is 19.1. The smallest absolute Gasteiger partial charge is 0.303 e. The molecule has 8 heteroatoms. The fourth-order valence-electron chi connectivity index (χ4n) is 1.94. The van der Waals surface area contributed by atoms with Gasteiger partial charge in [0.05, 0.1) is 4.90 Å². The average molecular weight is 342 g/mol. The van der Waals surface area contributed by atoms with E-state index in [0.717, 1.165) is 4.31 Å². The molecule has 0 aliphatic heterocycles. The summed E-state index contributed by atoms with van der Waals surface area (Å²) in [6.45, 7) is 0.112. The van der Waals surface area contributed by atoms with Crippen molar-refractivity contribution in [2.45, 2.75) is 37.1 Å². The molecule has 0 bridgehead atoms. The van der Waals surface area contributed by atoms with E-state index in [-0.39, 0.29) is 30.2 Å². The number of carbonyl (C=O) groups excluding carboxylic acids is 1. The van der Waals surface area contributed by atoms with Crippen molar-refractivity contribution < 1.29 is 23.1 Å². The second-order valence-electron chi connectivity index (χ2n) is 5.27. The lowest BCUT2D eigenvalue weighted by atomic mass is 10.2. The predicted octanol–water partition coefficient (Wildman–Crippen LogP) is 1.20. The lowest BCUT2D eigenvalue weighted by Crippen LogP contribution is -2.26. The van der Waals surface area contributed by atoms with Crippen molar-refractivity contribution in [3.8, 4) is 0 Å². The summed E-state index contributed by atoms with van der Waals surface area (Å²) < 4.78 is 25.6. The number of carboxylic acid groups (broad SMARTS) is 1. The molecule has 1 aromatic carbocycles. The molecule has 0 aliphatic carbocycles. The number of aliphatic carboxylic acids is 1. The zero-order valence-electron chi connectivity index (χ0n) is 13.3. The topological polar surface area (TPSA) is 104 Å². The van der Waals surface area contributed by atoms with Crippen molar-refractivity contribution >= 4 is 21.9 Å². The molecule has 1 aromatic rings. The highest BCUT2D eigenvalue weighted by Crippen LogP contribution is 2.18. The number of nitrogens with zero attached hydrogens (tertiary/aromatic N) is 1. The van der Waals surface area contributed by atoms with Gasteiger partial charge in [0, 0.05) is 33.5 Å². The molecule has 0 radical (unpaired) electrons. The normalized spacial score (nSPS) is 11.4. The highest BCUT2D eigenvalue weighted by atomic mass is 32.2. The van der Waals surface area contributed by atoms with Crippen LogP contribution in [0.3, 0.4) is 0 Å². The van der Waals surface area contributed by atoms with Crippen molar-refractivity contribution in [2.24, 2.45) is 0 Å². The van der Waals surface area contributed by atoms with Crippen molar-refractivity contribution in [3.63, 3.8) is 0 Å². The summed E-state index contributed by atoms with van der Waals surface area (Å²) in [5.41, 5.74) is 0.514. The Morgan fingerprint density at radius 2 is 1.74 bits per heavy atom. The molecule has 0 saturated heterocycles. The highest BCUT2D eigenvalue weighted by Gasteiger charge is 2.20. The van der Waals surface area contributed by atoms with Crippen molar-refractivity contribution in [1.29, 1.82) is 0 Å². The average Bonchev–Trinajstić information content (AvgIpc) is 2.49. The number of unbranched alkanes of at least 4 members (excludes halogenated alkanes) is 1. The molecule has 23 heavy (non-hydrogen) atoms. The lowest BCUT2D eigenvalue weighted by molar-refractivity contribution is -0.137. The lowest BCUT2D eigenvalue weighted by Gasteiger charge is -2.15. The summed E-state index contributed by atoms with van der Waals surface area (Å²) in [6.07, 6.45) is 1.18. The van der Waals surface area contributed by atoms with Crippen LogP contribution in [0.2, 0.25) is 0 Å². The Kier molecular flexibility index (Phi) is 7.18. The van der Waals surface area contributed by atoms with Gasteiger partial charge in [0.25, 0.3) is 0 Å². The fraction of sp³-hybridized carbons (Fsp3) is 0.467. The van der Waals surface area contributed by atoms with E-state index >= 15 is 0 Å². The van der Waals surface area contributed by atoms with E-state index in [0.29, 0.717) is 18.4 Å². The van der Waals surface area contributed by atoms with Gasteiger partial charge in [-0.25, -0.2) is 12.7 Å². The molecule has 2 N–H and O–H groups in total. The largest absolute Gasteiger partial charge is 0.481 e. The molecule has 0 spiro atoms. The SMILES string of the molecule is CN(C)S(=O)(=O)c1ccccc1CNC(=O)CCCCC(=O)O. The van der Waals surface area contributed by atoms with E-state index in [1.807, 2.05) is 0 Å². The maximum Gasteiger partial charge on any atom is 0.303 e. The van der Waals surface area contributed by atoms with Gasteiger partial charge in [0.15, 0.2) is 0 Å². The second-order valence-corrected chi connectivity index (χ2v) is 7.39. The number of carbonyl (C=O) groups is 2. The van der Waals surface area contributed by atoms with Gasteiger partial charge in [-0.2, -0.15) is 0 Å². The molecule has 1 rings (SSSR count). The van der Waals surface area contributed by atoms with Crippen molar-refractivity contribution in [1.82, 2.24) is 9.62 Å². The second kappa shape index (κ2) is 8.64. The fourth-order valence-corrected chi connectivity index (χ4v) is 3.06. The third-order valence-electron chi connectivity index (χ3n) is 3.25. The first-order chi connectivity index (χ1) is 10.7. The van der Waals surface area contributed by atoms with E-state index in [1.54, 1.807) is 18.2 Å². The Morgan fingerprint density at radius 1 is 1.13 bits per heavy atom. The molecule has 0 aliphatic rings. The number of carboxylic acids is 1. The molecule has 0 aromatic heterocycles. The zero-order chi connectivity index (χ0) is 17.5. The Hall–Kier alpha value is -1.93. The summed E-state index contributed by atoms with van der Waals surface area (Å²) in [5.74, 6) is -1.11. The van der Waals surface area contributed by atoms with Gasteiger partial charge >= 0.3 is 5.97 Å². The Morgan fingerprint density at radius 3 is 2.35 bits per heavy atom. The first-order valence-electron chi connectivity index (χ1n) is 7.24. The molecule has 0 heterocycles. The van der Waals surface area contributed by atoms with Gasteiger partial charge in [-0.1, -0.05) is 18.2 Å². The van der Waals surface area contributed by atoms with Gasteiger partial charge in [-0.3, -0.25) is 9.59 Å². The number of sulfonamides is 1. The highest BCUT2D eigenvalue weighted by molar-refractivity contribution is 7.89. The Balaban J connectivity index is 2.62. The molecule has 0 fully saturated rings. The van der Waals surface area contributed by atoms with Gasteiger partial charge in [0.1, 0.15) is 0 Å². The van der Waals surface area contributed by atoms with E-state index in [9.17, 15) is 18.0 Å². The van der Waals surface area contributed by atoms with Crippen LogP contribution < -0.4 is 5.32 Å². The van der Waals surface area contributed by atoms with Crippen LogP contribution in [0.5, 0.6) is 0 Å². The van der Waals surface area contributed by atoms with E-state index < -0.39 is 16.0 Å². The maximum atomic E-state index is 12.2. The predicted molar refractivity (Wildman–Crippen MR) is 85.3 cm³/mol. The summed E-state index contributed by atoms with van der Waals surface area (Å²) in [7, 11) is -0.666. The monoisotopic (exact) mass is 342 g/mol.